The van der Waals surface area contributed by atoms with Crippen molar-refractivity contribution < 1.29 is 4.74 Å². The fourth-order valence-electron chi connectivity index (χ4n) is 10.1. The lowest BCUT2D eigenvalue weighted by Crippen LogP contribution is -2.32. The molecule has 0 fully saturated rings. The Morgan fingerprint density at radius 2 is 0.738 bits per heavy atom. The molecule has 2 nitrogen and oxygen atoms in total. The van der Waals surface area contributed by atoms with Crippen molar-refractivity contribution >= 4 is 27.8 Å². The Morgan fingerprint density at radius 1 is 0.295 bits per heavy atom. The van der Waals surface area contributed by atoms with Gasteiger partial charge in [0.05, 0.1) is 5.41 Å². The van der Waals surface area contributed by atoms with Crippen LogP contribution in [0.3, 0.4) is 0 Å². The first kappa shape index (κ1) is 35.0. The van der Waals surface area contributed by atoms with Gasteiger partial charge in [-0.05, 0) is 115 Å². The molecule has 0 unspecified atom stereocenters. The molecule has 61 heavy (non-hydrogen) atoms. The van der Waals surface area contributed by atoms with E-state index in [-0.39, 0.29) is 0 Å². The summed E-state index contributed by atoms with van der Waals surface area (Å²) < 4.78 is 6.66. The average molecular weight is 778 g/mol. The van der Waals surface area contributed by atoms with Gasteiger partial charge in [0, 0.05) is 28.2 Å². The van der Waals surface area contributed by atoms with E-state index in [9.17, 15) is 0 Å². The van der Waals surface area contributed by atoms with Crippen molar-refractivity contribution in [2.45, 2.75) is 5.41 Å². The normalized spacial score (nSPS) is 12.9. The van der Waals surface area contributed by atoms with Crippen molar-refractivity contribution in [3.05, 3.63) is 259 Å². The van der Waals surface area contributed by atoms with Crippen LogP contribution < -0.4 is 9.64 Å². The zero-order valence-electron chi connectivity index (χ0n) is 33.4. The summed E-state index contributed by atoms with van der Waals surface area (Å²) in [5.41, 5.74) is 17.4. The monoisotopic (exact) mass is 777 g/mol. The Hall–Kier alpha value is -7.94. The number of hydrogen-bond acceptors (Lipinski definition) is 2. The molecule has 0 aromatic heterocycles. The molecule has 0 N–H and O–H groups in total. The Bertz CT molecular complexity index is 3110. The molecule has 286 valence electrons. The number of hydrogen-bond donors (Lipinski definition) is 0. The lowest BCUT2D eigenvalue weighted by Gasteiger charge is -2.39. The van der Waals surface area contributed by atoms with E-state index < -0.39 is 5.41 Å². The lowest BCUT2D eigenvalue weighted by molar-refractivity contribution is 0.436. The summed E-state index contributed by atoms with van der Waals surface area (Å²) in [5.74, 6) is 1.80. The highest BCUT2D eigenvalue weighted by Crippen LogP contribution is 2.64. The molecule has 1 heterocycles. The second-order valence-electron chi connectivity index (χ2n) is 16.0. The predicted octanol–water partition coefficient (Wildman–Crippen LogP) is 15.8. The molecular weight excluding hydrogens is 739 g/mol. The Morgan fingerprint density at radius 3 is 1.31 bits per heavy atom. The maximum absolute atomic E-state index is 6.66. The van der Waals surface area contributed by atoms with Gasteiger partial charge in [-0.15, -0.1) is 0 Å². The molecule has 2 aliphatic rings. The van der Waals surface area contributed by atoms with E-state index in [0.29, 0.717) is 0 Å². The van der Waals surface area contributed by atoms with Crippen LogP contribution in [0.15, 0.2) is 237 Å². The summed E-state index contributed by atoms with van der Waals surface area (Å²) in [7, 11) is 0. The molecular formula is C59H39NO. The summed E-state index contributed by atoms with van der Waals surface area (Å²) >= 11 is 0. The molecule has 0 saturated carbocycles. The molecule has 0 saturated heterocycles. The van der Waals surface area contributed by atoms with E-state index in [1.807, 2.05) is 0 Å². The lowest BCUT2D eigenvalue weighted by atomic mass is 9.66. The third-order valence-electron chi connectivity index (χ3n) is 12.8. The van der Waals surface area contributed by atoms with E-state index in [4.69, 9.17) is 4.74 Å². The van der Waals surface area contributed by atoms with Crippen LogP contribution >= 0.6 is 0 Å². The minimum atomic E-state index is -0.551. The second kappa shape index (κ2) is 14.1. The molecule has 0 atom stereocenters. The highest BCUT2D eigenvalue weighted by atomic mass is 16.5. The molecule has 1 aliphatic heterocycles. The van der Waals surface area contributed by atoms with E-state index in [0.717, 1.165) is 28.6 Å². The first-order valence-corrected chi connectivity index (χ1v) is 21.0. The molecule has 0 radical (unpaired) electrons. The Labute approximate surface area is 356 Å². The first-order valence-electron chi connectivity index (χ1n) is 21.0. The molecule has 2 heteroatoms. The zero-order chi connectivity index (χ0) is 40.3. The van der Waals surface area contributed by atoms with Gasteiger partial charge in [0.1, 0.15) is 11.5 Å². The van der Waals surface area contributed by atoms with Crippen LogP contribution in [0.2, 0.25) is 0 Å². The maximum atomic E-state index is 6.66. The number of benzene rings is 10. The summed E-state index contributed by atoms with van der Waals surface area (Å²) in [6.07, 6.45) is 0. The number of nitrogens with zero attached hydrogens (tertiary/aromatic N) is 1. The number of ether oxygens (including phenoxy) is 1. The molecule has 1 spiro atoms. The van der Waals surface area contributed by atoms with Gasteiger partial charge in [-0.1, -0.05) is 188 Å². The number of rotatable bonds is 6. The summed E-state index contributed by atoms with van der Waals surface area (Å²) in [6.45, 7) is 0. The van der Waals surface area contributed by atoms with Crippen molar-refractivity contribution in [1.29, 1.82) is 0 Å². The topological polar surface area (TPSA) is 12.5 Å². The predicted molar refractivity (Wildman–Crippen MR) is 252 cm³/mol. The molecule has 10 aromatic carbocycles. The van der Waals surface area contributed by atoms with Crippen LogP contribution in [-0.4, -0.2) is 0 Å². The van der Waals surface area contributed by atoms with Crippen molar-refractivity contribution in [2.24, 2.45) is 0 Å². The van der Waals surface area contributed by atoms with Gasteiger partial charge in [-0.2, -0.15) is 0 Å². The van der Waals surface area contributed by atoms with Gasteiger partial charge in [0.25, 0.3) is 0 Å². The third-order valence-corrected chi connectivity index (χ3v) is 12.8. The quantitative estimate of drug-likeness (QED) is 0.167. The van der Waals surface area contributed by atoms with Crippen molar-refractivity contribution in [1.82, 2.24) is 0 Å². The van der Waals surface area contributed by atoms with Crippen molar-refractivity contribution in [3.63, 3.8) is 0 Å². The van der Waals surface area contributed by atoms with Gasteiger partial charge < -0.3 is 9.64 Å². The smallest absolute Gasteiger partial charge is 0.132 e. The molecule has 0 bridgehead atoms. The van der Waals surface area contributed by atoms with Crippen molar-refractivity contribution in [2.75, 3.05) is 4.90 Å². The molecule has 10 aromatic rings. The largest absolute Gasteiger partial charge is 0.457 e. The van der Waals surface area contributed by atoms with Gasteiger partial charge in [-0.3, -0.25) is 0 Å². The standard InChI is InChI=1S/C59H39NO/c1-3-14-40(15-4-1)42-26-33-46(34-27-42)60(47-35-28-43(29-36-47)41-16-5-2-6-17-41)48-37-30-45(31-38-48)50-20-13-23-53-57(50)58-49-19-8-7-18-44(49)32-39-54(58)59(53)51-21-9-11-24-55(51)61-56-25-12-10-22-52(56)59/h1-39H. The zero-order valence-corrected chi connectivity index (χ0v) is 33.4. The van der Waals surface area contributed by atoms with Gasteiger partial charge in [0.15, 0.2) is 0 Å². The van der Waals surface area contributed by atoms with Crippen LogP contribution in [0, 0.1) is 0 Å². The van der Waals surface area contributed by atoms with Gasteiger partial charge >= 0.3 is 0 Å². The summed E-state index contributed by atoms with van der Waals surface area (Å²) in [4.78, 5) is 2.36. The van der Waals surface area contributed by atoms with E-state index >= 15 is 0 Å². The molecule has 12 rings (SSSR count). The average Bonchev–Trinajstić information content (AvgIpc) is 3.64. The molecule has 1 aliphatic carbocycles. The van der Waals surface area contributed by atoms with Crippen molar-refractivity contribution in [3.8, 4) is 56.0 Å². The highest BCUT2D eigenvalue weighted by Gasteiger charge is 2.52. The summed E-state index contributed by atoms with van der Waals surface area (Å²) in [6, 6.07) is 85.7. The summed E-state index contributed by atoms with van der Waals surface area (Å²) in [5, 5.41) is 2.49. The highest BCUT2D eigenvalue weighted by molar-refractivity contribution is 6.08. The van der Waals surface area contributed by atoms with Gasteiger partial charge in [-0.25, -0.2) is 0 Å². The minimum Gasteiger partial charge on any atom is -0.457 e. The molecule has 0 amide bonds. The minimum absolute atomic E-state index is 0.551. The fraction of sp³-hybridized carbons (Fsp3) is 0.0169. The van der Waals surface area contributed by atoms with Crippen LogP contribution in [0.1, 0.15) is 22.3 Å². The van der Waals surface area contributed by atoms with Crippen LogP contribution in [-0.2, 0) is 5.41 Å². The SMILES string of the molecule is c1ccc(-c2ccc(N(c3ccc(-c4ccccc4)cc3)c3ccc(-c4cccc5c4-c4c(ccc6ccccc46)C54c5ccccc5Oc5ccccc54)cc3)cc2)cc1. The fourth-order valence-corrected chi connectivity index (χ4v) is 10.1. The Balaban J connectivity index is 1.03. The van der Waals surface area contributed by atoms with E-state index in [1.54, 1.807) is 0 Å². The van der Waals surface area contributed by atoms with E-state index in [1.165, 1.54) is 77.5 Å². The number of para-hydroxylation sites is 2. The first-order chi connectivity index (χ1) is 30.3. The second-order valence-corrected chi connectivity index (χ2v) is 16.0. The number of anilines is 3. The van der Waals surface area contributed by atoms with Gasteiger partial charge in [0.2, 0.25) is 0 Å². The van der Waals surface area contributed by atoms with E-state index in [2.05, 4.69) is 241 Å². The maximum Gasteiger partial charge on any atom is 0.132 e. The van der Waals surface area contributed by atoms with Crippen LogP contribution in [0.4, 0.5) is 17.1 Å². The van der Waals surface area contributed by atoms with Crippen LogP contribution in [0.25, 0.3) is 55.3 Å². The number of fused-ring (bicyclic) bond motifs is 11. The third kappa shape index (κ3) is 5.50. The van der Waals surface area contributed by atoms with Crippen LogP contribution in [0.5, 0.6) is 11.5 Å². The Kier molecular flexibility index (Phi) is 8.11.